The molecule has 3 atom stereocenters. The zero-order valence-electron chi connectivity index (χ0n) is 16.3. The quantitative estimate of drug-likeness (QED) is 0.409. The van der Waals surface area contributed by atoms with E-state index in [9.17, 15) is 19.5 Å². The summed E-state index contributed by atoms with van der Waals surface area (Å²) in [6, 6.07) is 8.44. The molecule has 148 valence electrons. The fourth-order valence-electron chi connectivity index (χ4n) is 3.21. The summed E-state index contributed by atoms with van der Waals surface area (Å²) in [7, 11) is 1.49. The predicted molar refractivity (Wildman–Crippen MR) is 105 cm³/mol. The molecule has 0 saturated carbocycles. The second-order valence-electron chi connectivity index (χ2n) is 7.10. The van der Waals surface area contributed by atoms with E-state index >= 15 is 0 Å². The molecule has 0 fully saturated rings. The first-order valence-corrected chi connectivity index (χ1v) is 9.19. The Morgan fingerprint density at radius 3 is 2.26 bits per heavy atom. The highest BCUT2D eigenvalue weighted by Gasteiger charge is 2.36. The maximum absolute atomic E-state index is 12.8. The Hall–Kier alpha value is -2.63. The number of nitrogens with one attached hydrogen (secondary N) is 2. The van der Waals surface area contributed by atoms with Crippen molar-refractivity contribution in [2.24, 2.45) is 17.8 Å². The number of rotatable bonds is 11. The summed E-state index contributed by atoms with van der Waals surface area (Å²) in [5.41, 5.74) is 0.878. The van der Waals surface area contributed by atoms with Crippen molar-refractivity contribution in [3.63, 3.8) is 0 Å². The summed E-state index contributed by atoms with van der Waals surface area (Å²) in [6.45, 7) is 7.64. The summed E-state index contributed by atoms with van der Waals surface area (Å²) in [5, 5.41) is 14.8. The Morgan fingerprint density at radius 1 is 1.15 bits per heavy atom. The van der Waals surface area contributed by atoms with Crippen LogP contribution in [0.3, 0.4) is 0 Å². The third kappa shape index (κ3) is 7.25. The number of amides is 2. The lowest BCUT2D eigenvalue weighted by Crippen LogP contribution is -2.51. The fraction of sp³-hybridized carbons (Fsp3) is 0.476. The largest absolute Gasteiger partial charge is 0.481 e. The fourth-order valence-corrected chi connectivity index (χ4v) is 3.21. The molecule has 0 radical (unpaired) electrons. The number of hydrogen-bond donors (Lipinski definition) is 3. The van der Waals surface area contributed by atoms with Crippen LogP contribution in [0.1, 0.15) is 32.3 Å². The van der Waals surface area contributed by atoms with Crippen molar-refractivity contribution in [2.45, 2.75) is 39.2 Å². The molecule has 0 aromatic heterocycles. The van der Waals surface area contributed by atoms with Gasteiger partial charge in [-0.2, -0.15) is 0 Å². The molecular formula is C21H30N2O4. The molecule has 6 nitrogen and oxygen atoms in total. The molecule has 6 heteroatoms. The van der Waals surface area contributed by atoms with Gasteiger partial charge in [0.05, 0.1) is 0 Å². The normalized spacial score (nSPS) is 14.1. The summed E-state index contributed by atoms with van der Waals surface area (Å²) < 4.78 is 0. The van der Waals surface area contributed by atoms with Gasteiger partial charge in [-0.25, -0.2) is 0 Å². The van der Waals surface area contributed by atoms with Gasteiger partial charge in [0.2, 0.25) is 11.8 Å². The van der Waals surface area contributed by atoms with Gasteiger partial charge in [0.15, 0.2) is 0 Å². The highest BCUT2D eigenvalue weighted by atomic mass is 16.4. The minimum atomic E-state index is -1.23. The molecule has 1 aromatic rings. The maximum atomic E-state index is 12.8. The third-order valence-electron chi connectivity index (χ3n) is 4.43. The molecule has 0 aliphatic heterocycles. The zero-order chi connectivity index (χ0) is 20.4. The number of allylic oxidation sites excluding steroid dienone is 1. The summed E-state index contributed by atoms with van der Waals surface area (Å²) in [6.07, 6.45) is 2.93. The van der Waals surface area contributed by atoms with E-state index in [1.807, 2.05) is 44.2 Å². The van der Waals surface area contributed by atoms with E-state index in [4.69, 9.17) is 0 Å². The van der Waals surface area contributed by atoms with Gasteiger partial charge in [0.25, 0.3) is 0 Å². The van der Waals surface area contributed by atoms with Crippen LogP contribution in [0.25, 0.3) is 0 Å². The highest BCUT2D eigenvalue weighted by Crippen LogP contribution is 2.25. The second-order valence-corrected chi connectivity index (χ2v) is 7.10. The summed E-state index contributed by atoms with van der Waals surface area (Å²) in [5.74, 6) is -3.55. The van der Waals surface area contributed by atoms with E-state index < -0.39 is 23.8 Å². The van der Waals surface area contributed by atoms with E-state index in [1.54, 1.807) is 6.08 Å². The standard InChI is InChI=1S/C21H30N2O4/c1-5-9-16(12-14(2)3)18(21(26)27)20(25)23-17(19(24)22-4)13-15-10-7-6-8-11-15/h5-8,10-11,14,16-18H,1,9,12-13H2,2-4H3,(H,22,24)(H,23,25)(H,26,27)/t16-,17-,18-/m0/s1. The lowest BCUT2D eigenvalue weighted by Gasteiger charge is -2.26. The molecule has 0 aliphatic carbocycles. The summed E-state index contributed by atoms with van der Waals surface area (Å²) in [4.78, 5) is 36.8. The van der Waals surface area contributed by atoms with Gasteiger partial charge in [-0.3, -0.25) is 14.4 Å². The number of carbonyl (C=O) groups is 3. The van der Waals surface area contributed by atoms with Crippen LogP contribution in [0.5, 0.6) is 0 Å². The zero-order valence-corrected chi connectivity index (χ0v) is 16.3. The molecule has 0 heterocycles. The Bertz CT molecular complexity index is 643. The molecule has 0 aliphatic rings. The minimum Gasteiger partial charge on any atom is -0.481 e. The third-order valence-corrected chi connectivity index (χ3v) is 4.43. The molecular weight excluding hydrogens is 344 g/mol. The van der Waals surface area contributed by atoms with E-state index in [0.717, 1.165) is 5.56 Å². The molecule has 0 spiro atoms. The van der Waals surface area contributed by atoms with Crippen molar-refractivity contribution >= 4 is 17.8 Å². The topological polar surface area (TPSA) is 95.5 Å². The lowest BCUT2D eigenvalue weighted by molar-refractivity contribution is -0.150. The number of hydrogen-bond acceptors (Lipinski definition) is 3. The van der Waals surface area contributed by atoms with Gasteiger partial charge in [0.1, 0.15) is 12.0 Å². The van der Waals surface area contributed by atoms with E-state index in [1.165, 1.54) is 7.05 Å². The number of carboxylic acid groups (broad SMARTS) is 1. The van der Waals surface area contributed by atoms with Crippen molar-refractivity contribution < 1.29 is 19.5 Å². The van der Waals surface area contributed by atoms with Crippen LogP contribution in [0.15, 0.2) is 43.0 Å². The van der Waals surface area contributed by atoms with Crippen LogP contribution in [0.4, 0.5) is 0 Å². The molecule has 27 heavy (non-hydrogen) atoms. The van der Waals surface area contributed by atoms with Gasteiger partial charge in [-0.1, -0.05) is 50.3 Å². The molecule has 1 aromatic carbocycles. The Kier molecular flexibility index (Phi) is 9.26. The van der Waals surface area contributed by atoms with Crippen LogP contribution in [-0.4, -0.2) is 36.0 Å². The molecule has 1 rings (SSSR count). The Labute approximate surface area is 161 Å². The smallest absolute Gasteiger partial charge is 0.316 e. The maximum Gasteiger partial charge on any atom is 0.316 e. The Morgan fingerprint density at radius 2 is 1.78 bits per heavy atom. The first kappa shape index (κ1) is 22.4. The van der Waals surface area contributed by atoms with Crippen molar-refractivity contribution in [3.8, 4) is 0 Å². The summed E-state index contributed by atoms with van der Waals surface area (Å²) >= 11 is 0. The van der Waals surface area contributed by atoms with Crippen LogP contribution in [0, 0.1) is 17.8 Å². The van der Waals surface area contributed by atoms with Crippen LogP contribution >= 0.6 is 0 Å². The highest BCUT2D eigenvalue weighted by molar-refractivity contribution is 5.99. The van der Waals surface area contributed by atoms with Gasteiger partial charge in [0, 0.05) is 13.5 Å². The number of carbonyl (C=O) groups excluding carboxylic acids is 2. The van der Waals surface area contributed by atoms with Crippen LogP contribution in [-0.2, 0) is 20.8 Å². The van der Waals surface area contributed by atoms with Gasteiger partial charge in [-0.05, 0) is 30.2 Å². The Balaban J connectivity index is 3.01. The van der Waals surface area contributed by atoms with Gasteiger partial charge < -0.3 is 15.7 Å². The first-order valence-electron chi connectivity index (χ1n) is 9.19. The number of likely N-dealkylation sites (N-methyl/N-ethyl adjacent to an activating group) is 1. The van der Waals surface area contributed by atoms with Gasteiger partial charge >= 0.3 is 5.97 Å². The number of benzene rings is 1. The molecule has 0 unspecified atom stereocenters. The first-order chi connectivity index (χ1) is 12.8. The molecule has 3 N–H and O–H groups in total. The monoisotopic (exact) mass is 374 g/mol. The average Bonchev–Trinajstić information content (AvgIpc) is 2.60. The number of carboxylic acids is 1. The van der Waals surface area contributed by atoms with Crippen molar-refractivity contribution in [1.29, 1.82) is 0 Å². The lowest BCUT2D eigenvalue weighted by atomic mass is 9.82. The predicted octanol–water partition coefficient (Wildman–Crippen LogP) is 2.40. The van der Waals surface area contributed by atoms with Crippen LogP contribution in [0.2, 0.25) is 0 Å². The van der Waals surface area contributed by atoms with E-state index in [2.05, 4.69) is 17.2 Å². The second kappa shape index (κ2) is 11.2. The minimum absolute atomic E-state index is 0.239. The van der Waals surface area contributed by atoms with Crippen molar-refractivity contribution in [1.82, 2.24) is 10.6 Å². The molecule has 0 bridgehead atoms. The van der Waals surface area contributed by atoms with E-state index in [0.29, 0.717) is 12.8 Å². The number of aliphatic carboxylic acids is 1. The molecule has 2 amide bonds. The van der Waals surface area contributed by atoms with Crippen molar-refractivity contribution in [2.75, 3.05) is 7.05 Å². The van der Waals surface area contributed by atoms with Crippen LogP contribution < -0.4 is 10.6 Å². The van der Waals surface area contributed by atoms with Crippen molar-refractivity contribution in [3.05, 3.63) is 48.6 Å². The average molecular weight is 374 g/mol. The van der Waals surface area contributed by atoms with Gasteiger partial charge in [-0.15, -0.1) is 6.58 Å². The molecule has 0 saturated heterocycles. The SMILES string of the molecule is C=CC[C@@H](CC(C)C)[C@H](C(=O)O)C(=O)N[C@@H](Cc1ccccc1)C(=O)NC. The van der Waals surface area contributed by atoms with E-state index in [-0.39, 0.29) is 24.2 Å².